The fraction of sp³-hybridized carbons (Fsp3) is 0.200. The van der Waals surface area contributed by atoms with Gasteiger partial charge in [0.05, 0.1) is 12.1 Å². The van der Waals surface area contributed by atoms with Gasteiger partial charge in [0.25, 0.3) is 0 Å². The molecule has 0 heterocycles. The minimum Gasteiger partial charge on any atom is -0.495 e. The average Bonchev–Trinajstić information content (AvgIpc) is 2.46. The molecule has 22 heavy (non-hydrogen) atoms. The fourth-order valence-electron chi connectivity index (χ4n) is 1.82. The largest absolute Gasteiger partial charge is 0.495 e. The number of thioether (sulfide) groups is 1. The number of ether oxygens (including phenoxy) is 1. The van der Waals surface area contributed by atoms with Gasteiger partial charge in [0.1, 0.15) is 5.75 Å². The fourth-order valence-corrected chi connectivity index (χ4v) is 2.63. The zero-order valence-electron chi connectivity index (χ0n) is 11.6. The van der Waals surface area contributed by atoms with Crippen molar-refractivity contribution >= 4 is 29.1 Å². The van der Waals surface area contributed by atoms with Crippen LogP contribution in [0.15, 0.2) is 47.4 Å². The zero-order chi connectivity index (χ0) is 16.2. The van der Waals surface area contributed by atoms with Crippen molar-refractivity contribution in [2.75, 3.05) is 12.4 Å². The first-order valence-corrected chi connectivity index (χ1v) is 7.49. The summed E-state index contributed by atoms with van der Waals surface area (Å²) in [5, 5.41) is 3.63. The Kier molecular flexibility index (Phi) is 5.47. The summed E-state index contributed by atoms with van der Waals surface area (Å²) < 4.78 is 41.9. The second-order valence-corrected chi connectivity index (χ2v) is 5.88. The van der Waals surface area contributed by atoms with Crippen molar-refractivity contribution < 1.29 is 17.9 Å². The molecular formula is C15H13ClF3NOS. The van der Waals surface area contributed by atoms with Gasteiger partial charge in [-0.25, -0.2) is 0 Å². The SMILES string of the molecule is COc1cccc(CNc2ccc(SC(F)(F)F)cc2)c1Cl. The van der Waals surface area contributed by atoms with E-state index in [1.165, 1.54) is 19.2 Å². The van der Waals surface area contributed by atoms with Crippen LogP contribution in [0.25, 0.3) is 0 Å². The Bertz CT molecular complexity index is 632. The highest BCUT2D eigenvalue weighted by Gasteiger charge is 2.28. The van der Waals surface area contributed by atoms with Gasteiger partial charge in [-0.3, -0.25) is 0 Å². The molecule has 2 aromatic carbocycles. The van der Waals surface area contributed by atoms with Crippen LogP contribution in [0.2, 0.25) is 5.02 Å². The lowest BCUT2D eigenvalue weighted by Gasteiger charge is -2.11. The van der Waals surface area contributed by atoms with Crippen LogP contribution in [0.1, 0.15) is 5.56 Å². The molecule has 0 saturated heterocycles. The van der Waals surface area contributed by atoms with E-state index in [1.54, 1.807) is 18.2 Å². The van der Waals surface area contributed by atoms with Crippen LogP contribution < -0.4 is 10.1 Å². The van der Waals surface area contributed by atoms with E-state index < -0.39 is 5.51 Å². The van der Waals surface area contributed by atoms with Gasteiger partial charge < -0.3 is 10.1 Å². The monoisotopic (exact) mass is 347 g/mol. The zero-order valence-corrected chi connectivity index (χ0v) is 13.1. The van der Waals surface area contributed by atoms with Gasteiger partial charge in [-0.15, -0.1) is 0 Å². The van der Waals surface area contributed by atoms with Crippen molar-refractivity contribution in [1.29, 1.82) is 0 Å². The first kappa shape index (κ1) is 16.8. The lowest BCUT2D eigenvalue weighted by Crippen LogP contribution is -2.01. The van der Waals surface area contributed by atoms with Crippen LogP contribution in [0.4, 0.5) is 18.9 Å². The maximum absolute atomic E-state index is 12.2. The minimum atomic E-state index is -4.27. The number of alkyl halides is 3. The quantitative estimate of drug-likeness (QED) is 0.714. The molecule has 0 aliphatic carbocycles. The summed E-state index contributed by atoms with van der Waals surface area (Å²) in [6.45, 7) is 0.446. The predicted octanol–water partition coefficient (Wildman–Crippen LogP) is 5.57. The molecule has 0 aliphatic heterocycles. The molecule has 0 spiro atoms. The van der Waals surface area contributed by atoms with Crippen molar-refractivity contribution in [3.8, 4) is 5.75 Å². The van der Waals surface area contributed by atoms with E-state index in [0.717, 1.165) is 5.56 Å². The number of rotatable bonds is 5. The van der Waals surface area contributed by atoms with Crippen molar-refractivity contribution in [2.24, 2.45) is 0 Å². The van der Waals surface area contributed by atoms with E-state index in [2.05, 4.69) is 5.32 Å². The molecule has 7 heteroatoms. The number of benzene rings is 2. The maximum Gasteiger partial charge on any atom is 0.446 e. The van der Waals surface area contributed by atoms with Gasteiger partial charge in [0.2, 0.25) is 0 Å². The lowest BCUT2D eigenvalue weighted by molar-refractivity contribution is -0.0328. The Morgan fingerprint density at radius 2 is 1.82 bits per heavy atom. The Morgan fingerprint density at radius 3 is 2.41 bits per heavy atom. The van der Waals surface area contributed by atoms with Crippen LogP contribution in [0, 0.1) is 0 Å². The highest BCUT2D eigenvalue weighted by atomic mass is 35.5. The Hall–Kier alpha value is -1.53. The Balaban J connectivity index is 2.00. The lowest BCUT2D eigenvalue weighted by atomic mass is 10.2. The molecule has 118 valence electrons. The molecule has 0 aliphatic rings. The standard InChI is InChI=1S/C15H13ClF3NOS/c1-21-13-4-2-3-10(14(13)16)9-20-11-5-7-12(8-6-11)22-15(17,18)19/h2-8,20H,9H2,1H3. The number of hydrogen-bond donors (Lipinski definition) is 1. The molecule has 0 bridgehead atoms. The summed E-state index contributed by atoms with van der Waals surface area (Å²) in [5.74, 6) is 0.581. The van der Waals surface area contributed by atoms with Gasteiger partial charge in [-0.05, 0) is 47.7 Å². The summed E-state index contributed by atoms with van der Waals surface area (Å²) in [5.41, 5.74) is -2.72. The van der Waals surface area contributed by atoms with Crippen LogP contribution in [0.5, 0.6) is 5.75 Å². The second-order valence-electron chi connectivity index (χ2n) is 4.36. The molecule has 2 aromatic rings. The number of methoxy groups -OCH3 is 1. The van der Waals surface area contributed by atoms with E-state index >= 15 is 0 Å². The average molecular weight is 348 g/mol. The molecule has 2 nitrogen and oxygen atoms in total. The Labute approximate surface area is 135 Å². The van der Waals surface area contributed by atoms with Crippen LogP contribution >= 0.6 is 23.4 Å². The summed E-state index contributed by atoms with van der Waals surface area (Å²) in [6.07, 6.45) is 0. The third-order valence-electron chi connectivity index (χ3n) is 2.83. The van der Waals surface area contributed by atoms with E-state index in [0.29, 0.717) is 23.0 Å². The molecule has 0 amide bonds. The van der Waals surface area contributed by atoms with E-state index in [9.17, 15) is 13.2 Å². The Morgan fingerprint density at radius 1 is 1.14 bits per heavy atom. The normalized spacial score (nSPS) is 11.3. The molecule has 0 fully saturated rings. The summed E-state index contributed by atoms with van der Waals surface area (Å²) in [6, 6.07) is 11.5. The molecule has 0 unspecified atom stereocenters. The number of hydrogen-bond acceptors (Lipinski definition) is 3. The first-order valence-electron chi connectivity index (χ1n) is 6.30. The third kappa shape index (κ3) is 4.74. The summed E-state index contributed by atoms with van der Waals surface area (Å²) >= 11 is 6.05. The number of anilines is 1. The van der Waals surface area contributed by atoms with Gasteiger partial charge >= 0.3 is 5.51 Å². The van der Waals surface area contributed by atoms with Gasteiger partial charge in [-0.1, -0.05) is 23.7 Å². The summed E-state index contributed by atoms with van der Waals surface area (Å²) in [4.78, 5) is 0.150. The molecule has 0 aromatic heterocycles. The molecule has 1 N–H and O–H groups in total. The van der Waals surface area contributed by atoms with Crippen LogP contribution in [-0.4, -0.2) is 12.6 Å². The number of nitrogens with one attached hydrogen (secondary N) is 1. The minimum absolute atomic E-state index is 0.134. The molecule has 2 rings (SSSR count). The van der Waals surface area contributed by atoms with Crippen molar-refractivity contribution in [1.82, 2.24) is 0 Å². The molecular weight excluding hydrogens is 335 g/mol. The first-order chi connectivity index (χ1) is 10.4. The summed E-state index contributed by atoms with van der Waals surface area (Å²) in [7, 11) is 1.54. The molecule has 0 saturated carbocycles. The molecule has 0 radical (unpaired) electrons. The van der Waals surface area contributed by atoms with Crippen molar-refractivity contribution in [3.63, 3.8) is 0 Å². The third-order valence-corrected chi connectivity index (χ3v) is 4.00. The van der Waals surface area contributed by atoms with E-state index in [4.69, 9.17) is 16.3 Å². The van der Waals surface area contributed by atoms with Gasteiger partial charge in [-0.2, -0.15) is 13.2 Å². The maximum atomic E-state index is 12.2. The second kappa shape index (κ2) is 7.15. The molecule has 0 atom stereocenters. The van der Waals surface area contributed by atoms with Crippen LogP contribution in [0.3, 0.4) is 0 Å². The topological polar surface area (TPSA) is 21.3 Å². The predicted molar refractivity (Wildman–Crippen MR) is 83.7 cm³/mol. The number of halogens is 4. The van der Waals surface area contributed by atoms with Gasteiger partial charge in [0, 0.05) is 17.1 Å². The highest BCUT2D eigenvalue weighted by molar-refractivity contribution is 8.00. The van der Waals surface area contributed by atoms with Crippen molar-refractivity contribution in [3.05, 3.63) is 53.1 Å². The van der Waals surface area contributed by atoms with Crippen molar-refractivity contribution in [2.45, 2.75) is 16.9 Å². The van der Waals surface area contributed by atoms with E-state index in [1.807, 2.05) is 12.1 Å². The highest BCUT2D eigenvalue weighted by Crippen LogP contribution is 2.37. The smallest absolute Gasteiger partial charge is 0.446 e. The van der Waals surface area contributed by atoms with E-state index in [-0.39, 0.29) is 16.7 Å². The van der Waals surface area contributed by atoms with Gasteiger partial charge in [0.15, 0.2) is 0 Å². The van der Waals surface area contributed by atoms with Crippen LogP contribution in [-0.2, 0) is 6.54 Å².